The van der Waals surface area contributed by atoms with E-state index in [1.165, 1.54) is 12.8 Å². The minimum absolute atomic E-state index is 0.190. The van der Waals surface area contributed by atoms with Gasteiger partial charge in [-0.15, -0.1) is 0 Å². The Bertz CT molecular complexity index is 357. The second-order valence-electron chi connectivity index (χ2n) is 6.75. The molecule has 3 saturated heterocycles. The molecule has 1 N–H and O–H groups in total. The third-order valence-electron chi connectivity index (χ3n) is 5.23. The summed E-state index contributed by atoms with van der Waals surface area (Å²) in [5.41, 5.74) is 0. The predicted molar refractivity (Wildman–Crippen MR) is 82.2 cm³/mol. The minimum Gasteiger partial charge on any atom is -0.377 e. The van der Waals surface area contributed by atoms with E-state index in [1.807, 2.05) is 0 Å². The van der Waals surface area contributed by atoms with Gasteiger partial charge in [-0.05, 0) is 45.7 Å². The average Bonchev–Trinajstić information content (AvgIpc) is 3.07. The zero-order chi connectivity index (χ0) is 14.7. The number of amides is 1. The Morgan fingerprint density at radius 2 is 2.10 bits per heavy atom. The van der Waals surface area contributed by atoms with Gasteiger partial charge in [-0.2, -0.15) is 0 Å². The third-order valence-corrected chi connectivity index (χ3v) is 5.23. The van der Waals surface area contributed by atoms with Gasteiger partial charge in [0.15, 0.2) is 0 Å². The van der Waals surface area contributed by atoms with Crippen LogP contribution in [-0.2, 0) is 9.53 Å². The molecule has 0 aliphatic carbocycles. The van der Waals surface area contributed by atoms with Gasteiger partial charge in [0.1, 0.15) is 0 Å². The van der Waals surface area contributed by atoms with Crippen molar-refractivity contribution in [1.29, 1.82) is 0 Å². The Labute approximate surface area is 128 Å². The van der Waals surface area contributed by atoms with Crippen LogP contribution in [-0.4, -0.2) is 73.7 Å². The standard InChI is InChI=1S/C16H29N3O2/c1-13-15(5-6-17-13)16(20)19-8-3-7-18(9-10-19)12-14-4-2-11-21-14/h13-15,17H,2-12H2,1H3. The molecule has 21 heavy (non-hydrogen) atoms. The monoisotopic (exact) mass is 295 g/mol. The van der Waals surface area contributed by atoms with E-state index in [0.29, 0.717) is 18.1 Å². The first kappa shape index (κ1) is 15.3. The van der Waals surface area contributed by atoms with Gasteiger partial charge in [-0.1, -0.05) is 0 Å². The number of ether oxygens (including phenoxy) is 1. The van der Waals surface area contributed by atoms with Gasteiger partial charge < -0.3 is 15.0 Å². The van der Waals surface area contributed by atoms with Gasteiger partial charge in [0.2, 0.25) is 5.91 Å². The number of nitrogens with one attached hydrogen (secondary N) is 1. The molecule has 3 unspecified atom stereocenters. The summed E-state index contributed by atoms with van der Waals surface area (Å²) in [5, 5.41) is 3.39. The quantitative estimate of drug-likeness (QED) is 0.832. The van der Waals surface area contributed by atoms with Crippen LogP contribution in [0.4, 0.5) is 0 Å². The molecule has 3 rings (SSSR count). The van der Waals surface area contributed by atoms with Crippen molar-refractivity contribution in [3.63, 3.8) is 0 Å². The van der Waals surface area contributed by atoms with Crippen LogP contribution in [0.2, 0.25) is 0 Å². The van der Waals surface area contributed by atoms with Crippen LogP contribution in [0.15, 0.2) is 0 Å². The number of hydrogen-bond donors (Lipinski definition) is 1. The molecule has 0 saturated carbocycles. The fraction of sp³-hybridized carbons (Fsp3) is 0.938. The van der Waals surface area contributed by atoms with Crippen molar-refractivity contribution in [1.82, 2.24) is 15.1 Å². The van der Waals surface area contributed by atoms with Crippen LogP contribution < -0.4 is 5.32 Å². The third kappa shape index (κ3) is 3.76. The van der Waals surface area contributed by atoms with Crippen molar-refractivity contribution >= 4 is 5.91 Å². The van der Waals surface area contributed by atoms with E-state index in [0.717, 1.165) is 58.7 Å². The van der Waals surface area contributed by atoms with Crippen LogP contribution in [0.3, 0.4) is 0 Å². The maximum Gasteiger partial charge on any atom is 0.227 e. The number of hydrogen-bond acceptors (Lipinski definition) is 4. The molecular weight excluding hydrogens is 266 g/mol. The highest BCUT2D eigenvalue weighted by atomic mass is 16.5. The van der Waals surface area contributed by atoms with Gasteiger partial charge in [0.25, 0.3) is 0 Å². The smallest absolute Gasteiger partial charge is 0.227 e. The Balaban J connectivity index is 1.49. The summed E-state index contributed by atoms with van der Waals surface area (Å²) in [4.78, 5) is 17.2. The van der Waals surface area contributed by atoms with Crippen molar-refractivity contribution < 1.29 is 9.53 Å². The number of nitrogens with zero attached hydrogens (tertiary/aromatic N) is 2. The van der Waals surface area contributed by atoms with E-state index in [2.05, 4.69) is 22.0 Å². The van der Waals surface area contributed by atoms with E-state index in [-0.39, 0.29) is 5.92 Å². The topological polar surface area (TPSA) is 44.8 Å². The maximum atomic E-state index is 12.7. The van der Waals surface area contributed by atoms with Crippen LogP contribution in [0, 0.1) is 5.92 Å². The minimum atomic E-state index is 0.190. The van der Waals surface area contributed by atoms with Crippen molar-refractivity contribution in [3.8, 4) is 0 Å². The van der Waals surface area contributed by atoms with E-state index in [4.69, 9.17) is 4.74 Å². The highest BCUT2D eigenvalue weighted by Gasteiger charge is 2.33. The number of carbonyl (C=O) groups excluding carboxylic acids is 1. The Kier molecular flexibility index (Phi) is 5.14. The van der Waals surface area contributed by atoms with Crippen molar-refractivity contribution in [3.05, 3.63) is 0 Å². The molecule has 3 fully saturated rings. The van der Waals surface area contributed by atoms with Crippen LogP contribution >= 0.6 is 0 Å². The molecule has 120 valence electrons. The van der Waals surface area contributed by atoms with Gasteiger partial charge in [0.05, 0.1) is 12.0 Å². The molecule has 0 spiro atoms. The van der Waals surface area contributed by atoms with Crippen LogP contribution in [0.25, 0.3) is 0 Å². The number of rotatable bonds is 3. The van der Waals surface area contributed by atoms with Gasteiger partial charge in [-0.3, -0.25) is 9.69 Å². The molecule has 0 aromatic carbocycles. The summed E-state index contributed by atoms with van der Waals surface area (Å²) in [7, 11) is 0. The molecule has 0 aromatic heterocycles. The molecule has 5 nitrogen and oxygen atoms in total. The largest absolute Gasteiger partial charge is 0.377 e. The van der Waals surface area contributed by atoms with E-state index in [9.17, 15) is 4.79 Å². The summed E-state index contributed by atoms with van der Waals surface area (Å²) < 4.78 is 5.74. The highest BCUT2D eigenvalue weighted by molar-refractivity contribution is 5.80. The summed E-state index contributed by atoms with van der Waals surface area (Å²) in [6.07, 6.45) is 4.91. The molecule has 3 heterocycles. The number of carbonyl (C=O) groups is 1. The molecule has 5 heteroatoms. The lowest BCUT2D eigenvalue weighted by molar-refractivity contribution is -0.135. The Morgan fingerprint density at radius 3 is 2.81 bits per heavy atom. The lowest BCUT2D eigenvalue weighted by atomic mass is 10.0. The Hall–Kier alpha value is -0.650. The maximum absolute atomic E-state index is 12.7. The summed E-state index contributed by atoms with van der Waals surface area (Å²) in [6.45, 7) is 8.99. The molecule has 0 bridgehead atoms. The van der Waals surface area contributed by atoms with Crippen LogP contribution in [0.5, 0.6) is 0 Å². The van der Waals surface area contributed by atoms with Gasteiger partial charge in [0, 0.05) is 38.8 Å². The van der Waals surface area contributed by atoms with E-state index < -0.39 is 0 Å². The van der Waals surface area contributed by atoms with Crippen molar-refractivity contribution in [2.24, 2.45) is 5.92 Å². The van der Waals surface area contributed by atoms with E-state index in [1.54, 1.807) is 0 Å². The van der Waals surface area contributed by atoms with Crippen LogP contribution in [0.1, 0.15) is 32.6 Å². The first-order chi connectivity index (χ1) is 10.2. The second-order valence-corrected chi connectivity index (χ2v) is 6.75. The summed E-state index contributed by atoms with van der Waals surface area (Å²) in [5.74, 6) is 0.557. The highest BCUT2D eigenvalue weighted by Crippen LogP contribution is 2.20. The SMILES string of the molecule is CC1NCCC1C(=O)N1CCCN(CC2CCCO2)CC1. The fourth-order valence-corrected chi connectivity index (χ4v) is 3.88. The van der Waals surface area contributed by atoms with Crippen molar-refractivity contribution in [2.75, 3.05) is 45.9 Å². The van der Waals surface area contributed by atoms with Crippen molar-refractivity contribution in [2.45, 2.75) is 44.8 Å². The van der Waals surface area contributed by atoms with Gasteiger partial charge in [-0.25, -0.2) is 0 Å². The van der Waals surface area contributed by atoms with Gasteiger partial charge >= 0.3 is 0 Å². The summed E-state index contributed by atoms with van der Waals surface area (Å²) in [6, 6.07) is 0.337. The molecule has 3 aliphatic heterocycles. The lowest BCUT2D eigenvalue weighted by Gasteiger charge is -2.26. The first-order valence-corrected chi connectivity index (χ1v) is 8.60. The molecule has 0 radical (unpaired) electrons. The first-order valence-electron chi connectivity index (χ1n) is 8.60. The summed E-state index contributed by atoms with van der Waals surface area (Å²) >= 11 is 0. The molecule has 1 amide bonds. The fourth-order valence-electron chi connectivity index (χ4n) is 3.88. The molecule has 3 aliphatic rings. The molecule has 0 aromatic rings. The average molecular weight is 295 g/mol. The van der Waals surface area contributed by atoms with E-state index >= 15 is 0 Å². The second kappa shape index (κ2) is 7.07. The zero-order valence-corrected chi connectivity index (χ0v) is 13.2. The molecular formula is C16H29N3O2. The Morgan fingerprint density at radius 1 is 1.19 bits per heavy atom. The predicted octanol–water partition coefficient (Wildman–Crippen LogP) is 0.698. The normalized spacial score (nSPS) is 35.1. The zero-order valence-electron chi connectivity index (χ0n) is 13.2. The molecule has 3 atom stereocenters. The lowest BCUT2D eigenvalue weighted by Crippen LogP contribution is -2.42.